The van der Waals surface area contributed by atoms with Crippen molar-refractivity contribution < 1.29 is 4.39 Å². The summed E-state index contributed by atoms with van der Waals surface area (Å²) < 4.78 is 13.8. The van der Waals surface area contributed by atoms with Crippen LogP contribution in [0.3, 0.4) is 0 Å². The number of nitrogens with zero attached hydrogens (tertiary/aromatic N) is 3. The highest BCUT2D eigenvalue weighted by atomic mass is 35.5. The molecule has 0 radical (unpaired) electrons. The summed E-state index contributed by atoms with van der Waals surface area (Å²) in [5.74, 6) is 0.376. The van der Waals surface area contributed by atoms with Crippen LogP contribution in [0.2, 0.25) is 5.02 Å². The number of anilines is 1. The van der Waals surface area contributed by atoms with E-state index in [9.17, 15) is 4.39 Å². The molecule has 1 heterocycles. The molecule has 1 fully saturated rings. The highest BCUT2D eigenvalue weighted by Gasteiger charge is 2.18. The molecule has 1 aliphatic rings. The Morgan fingerprint density at radius 1 is 1.04 bits per heavy atom. The van der Waals surface area contributed by atoms with Crippen molar-refractivity contribution >= 4 is 23.2 Å². The SMILES string of the molecule is CN=C(NCc1ccccc1F)NCc1c(Cl)cccc1N1CCN(C)CC1. The summed E-state index contributed by atoms with van der Waals surface area (Å²) in [4.78, 5) is 8.94. The van der Waals surface area contributed by atoms with Crippen LogP contribution in [0.5, 0.6) is 0 Å². The molecule has 2 N–H and O–H groups in total. The van der Waals surface area contributed by atoms with Gasteiger partial charge in [0.05, 0.1) is 0 Å². The average Bonchev–Trinajstić information content (AvgIpc) is 2.70. The Hall–Kier alpha value is -2.31. The average molecular weight is 404 g/mol. The van der Waals surface area contributed by atoms with Crippen LogP contribution in [-0.2, 0) is 13.1 Å². The van der Waals surface area contributed by atoms with Gasteiger partial charge in [0.15, 0.2) is 5.96 Å². The minimum absolute atomic E-state index is 0.228. The largest absolute Gasteiger partial charge is 0.369 e. The monoisotopic (exact) mass is 403 g/mol. The summed E-state index contributed by atoms with van der Waals surface area (Å²) in [5.41, 5.74) is 2.79. The Balaban J connectivity index is 1.65. The summed E-state index contributed by atoms with van der Waals surface area (Å²) >= 11 is 6.51. The number of rotatable bonds is 5. The summed E-state index contributed by atoms with van der Waals surface area (Å²) in [6, 6.07) is 12.7. The number of nitrogens with one attached hydrogen (secondary N) is 2. The molecule has 5 nitrogen and oxygen atoms in total. The van der Waals surface area contributed by atoms with Crippen molar-refractivity contribution in [2.45, 2.75) is 13.1 Å². The van der Waals surface area contributed by atoms with Crippen molar-refractivity contribution in [3.63, 3.8) is 0 Å². The van der Waals surface area contributed by atoms with E-state index in [0.29, 0.717) is 24.6 Å². The predicted molar refractivity (Wildman–Crippen MR) is 115 cm³/mol. The fourth-order valence-corrected chi connectivity index (χ4v) is 3.52. The van der Waals surface area contributed by atoms with Crippen LogP contribution in [0, 0.1) is 5.82 Å². The van der Waals surface area contributed by atoms with Crippen molar-refractivity contribution in [1.82, 2.24) is 15.5 Å². The molecule has 0 aliphatic carbocycles. The minimum atomic E-state index is -0.228. The zero-order valence-corrected chi connectivity index (χ0v) is 17.1. The summed E-state index contributed by atoms with van der Waals surface area (Å²) in [6.45, 7) is 4.92. The number of hydrogen-bond acceptors (Lipinski definition) is 3. The maximum Gasteiger partial charge on any atom is 0.191 e. The van der Waals surface area contributed by atoms with Gasteiger partial charge in [-0.1, -0.05) is 35.9 Å². The second kappa shape index (κ2) is 9.75. The van der Waals surface area contributed by atoms with Crippen LogP contribution >= 0.6 is 11.6 Å². The lowest BCUT2D eigenvalue weighted by atomic mass is 10.1. The fraction of sp³-hybridized carbons (Fsp3) is 0.381. The molecule has 2 aromatic rings. The molecule has 3 rings (SSSR count). The van der Waals surface area contributed by atoms with E-state index in [1.165, 1.54) is 6.07 Å². The van der Waals surface area contributed by atoms with Gasteiger partial charge < -0.3 is 20.4 Å². The van der Waals surface area contributed by atoms with Gasteiger partial charge in [-0.25, -0.2) is 4.39 Å². The molecule has 28 heavy (non-hydrogen) atoms. The van der Waals surface area contributed by atoms with Gasteiger partial charge in [-0.05, 0) is 25.2 Å². The van der Waals surface area contributed by atoms with Crippen molar-refractivity contribution in [3.05, 3.63) is 64.4 Å². The van der Waals surface area contributed by atoms with Crippen LogP contribution in [0.15, 0.2) is 47.5 Å². The van der Waals surface area contributed by atoms with Gasteiger partial charge in [0, 0.05) is 68.2 Å². The number of benzene rings is 2. The first-order valence-corrected chi connectivity index (χ1v) is 9.85. The van der Waals surface area contributed by atoms with E-state index in [4.69, 9.17) is 11.6 Å². The molecule has 1 saturated heterocycles. The highest BCUT2D eigenvalue weighted by molar-refractivity contribution is 6.31. The molecule has 0 spiro atoms. The van der Waals surface area contributed by atoms with E-state index >= 15 is 0 Å². The lowest BCUT2D eigenvalue weighted by Crippen LogP contribution is -2.45. The van der Waals surface area contributed by atoms with E-state index in [2.05, 4.69) is 38.5 Å². The molecule has 0 unspecified atom stereocenters. The quantitative estimate of drug-likeness (QED) is 0.594. The fourth-order valence-electron chi connectivity index (χ4n) is 3.28. The molecule has 2 aromatic carbocycles. The van der Waals surface area contributed by atoms with Crippen molar-refractivity contribution in [2.24, 2.45) is 4.99 Å². The normalized spacial score (nSPS) is 15.6. The first-order chi connectivity index (χ1) is 13.6. The maximum absolute atomic E-state index is 13.8. The van der Waals surface area contributed by atoms with Crippen LogP contribution < -0.4 is 15.5 Å². The maximum atomic E-state index is 13.8. The second-order valence-corrected chi connectivity index (χ2v) is 7.31. The summed E-state index contributed by atoms with van der Waals surface area (Å²) in [6.07, 6.45) is 0. The molecule has 0 aromatic heterocycles. The minimum Gasteiger partial charge on any atom is -0.369 e. The Kier molecular flexibility index (Phi) is 7.12. The van der Waals surface area contributed by atoms with Gasteiger partial charge in [-0.2, -0.15) is 0 Å². The third-order valence-corrected chi connectivity index (χ3v) is 5.35. The Bertz CT molecular complexity index is 818. The van der Waals surface area contributed by atoms with Gasteiger partial charge in [-0.3, -0.25) is 4.99 Å². The molecule has 0 atom stereocenters. The van der Waals surface area contributed by atoms with Crippen molar-refractivity contribution in [1.29, 1.82) is 0 Å². The zero-order chi connectivity index (χ0) is 19.9. The Morgan fingerprint density at radius 3 is 2.46 bits per heavy atom. The second-order valence-electron chi connectivity index (χ2n) is 6.90. The molecule has 0 saturated carbocycles. The van der Waals surface area contributed by atoms with Crippen molar-refractivity contribution in [2.75, 3.05) is 45.2 Å². The first kappa shape index (κ1) is 20.4. The third kappa shape index (κ3) is 5.14. The Morgan fingerprint density at radius 2 is 1.75 bits per heavy atom. The van der Waals surface area contributed by atoms with E-state index in [0.717, 1.165) is 42.5 Å². The van der Waals surface area contributed by atoms with Crippen molar-refractivity contribution in [3.8, 4) is 0 Å². The molecular weight excluding hydrogens is 377 g/mol. The lowest BCUT2D eigenvalue weighted by Gasteiger charge is -2.35. The van der Waals surface area contributed by atoms with Gasteiger partial charge in [-0.15, -0.1) is 0 Å². The number of guanidine groups is 1. The molecule has 0 amide bonds. The smallest absolute Gasteiger partial charge is 0.191 e. The Labute approximate surface area is 171 Å². The molecule has 0 bridgehead atoms. The van der Waals surface area contributed by atoms with Gasteiger partial charge in [0.2, 0.25) is 0 Å². The van der Waals surface area contributed by atoms with E-state index in [1.54, 1.807) is 19.2 Å². The zero-order valence-electron chi connectivity index (χ0n) is 16.4. The van der Waals surface area contributed by atoms with Gasteiger partial charge in [0.1, 0.15) is 5.82 Å². The third-order valence-electron chi connectivity index (χ3n) is 5.00. The van der Waals surface area contributed by atoms with E-state index < -0.39 is 0 Å². The lowest BCUT2D eigenvalue weighted by molar-refractivity contribution is 0.312. The van der Waals surface area contributed by atoms with Crippen LogP contribution in [0.1, 0.15) is 11.1 Å². The first-order valence-electron chi connectivity index (χ1n) is 9.47. The van der Waals surface area contributed by atoms with Crippen LogP contribution in [0.25, 0.3) is 0 Å². The molecular formula is C21H27ClFN5. The number of aliphatic imine (C=N–C) groups is 1. The number of halogens is 2. The van der Waals surface area contributed by atoms with E-state index in [-0.39, 0.29) is 5.82 Å². The number of hydrogen-bond donors (Lipinski definition) is 2. The molecule has 1 aliphatic heterocycles. The standard InChI is InChI=1S/C21H27ClFN5/c1-24-21(25-14-16-6-3-4-8-19(16)23)26-15-17-18(22)7-5-9-20(17)28-12-10-27(2)11-13-28/h3-9H,10-15H2,1-2H3,(H2,24,25,26). The highest BCUT2D eigenvalue weighted by Crippen LogP contribution is 2.28. The van der Waals surface area contributed by atoms with Crippen LogP contribution in [-0.4, -0.2) is 51.1 Å². The number of likely N-dealkylation sites (N-methyl/N-ethyl adjacent to an activating group) is 1. The van der Waals surface area contributed by atoms with Crippen LogP contribution in [0.4, 0.5) is 10.1 Å². The summed E-state index contributed by atoms with van der Waals surface area (Å²) in [7, 11) is 3.84. The van der Waals surface area contributed by atoms with E-state index in [1.807, 2.05) is 18.2 Å². The molecule has 150 valence electrons. The van der Waals surface area contributed by atoms with Gasteiger partial charge >= 0.3 is 0 Å². The van der Waals surface area contributed by atoms with Gasteiger partial charge in [0.25, 0.3) is 0 Å². The summed E-state index contributed by atoms with van der Waals surface area (Å²) in [5, 5.41) is 7.19. The molecule has 7 heteroatoms. The number of piperazine rings is 1. The predicted octanol–water partition coefficient (Wildman–Crippen LogP) is 3.10. The topological polar surface area (TPSA) is 42.9 Å².